The van der Waals surface area contributed by atoms with E-state index in [0.29, 0.717) is 39.5 Å². The topological polar surface area (TPSA) is 116 Å². The molecular weight excluding hydrogens is 648 g/mol. The van der Waals surface area contributed by atoms with E-state index in [4.69, 9.17) is 42.1 Å². The zero-order valence-corrected chi connectivity index (χ0v) is 26.0. The van der Waals surface area contributed by atoms with Crippen molar-refractivity contribution in [2.45, 2.75) is 11.5 Å². The lowest BCUT2D eigenvalue weighted by Crippen LogP contribution is -2.39. The molecule has 0 unspecified atom stereocenters. The Morgan fingerprint density at radius 1 is 0.956 bits per heavy atom. The molecule has 1 aliphatic rings. The Kier molecular flexibility index (Phi) is 9.96. The molecule has 0 bridgehead atoms. The van der Waals surface area contributed by atoms with Gasteiger partial charge < -0.3 is 18.9 Å². The standard InChI is InChI=1S/C31H26Cl2FN3O7S/c1-41-29-15-20(3-10-27(29)44-19-21-2-9-25(32)26(33)14-21)17-35-36-31(38)18-37(23-6-4-22(34)5-7-23)45(39,40)24-8-11-28-30(16-24)43-13-12-42-28/h2-11,14-17H,12-13,18-19H2,1H3,(H,36,38)/b35-17-. The summed E-state index contributed by atoms with van der Waals surface area (Å²) < 4.78 is 64.2. The number of hydrogen-bond donors (Lipinski definition) is 1. The van der Waals surface area contributed by atoms with Crippen molar-refractivity contribution in [3.05, 3.63) is 106 Å². The molecule has 0 atom stereocenters. The van der Waals surface area contributed by atoms with E-state index in [1.54, 1.807) is 36.4 Å². The highest BCUT2D eigenvalue weighted by Crippen LogP contribution is 2.34. The largest absolute Gasteiger partial charge is 0.493 e. The highest BCUT2D eigenvalue weighted by Gasteiger charge is 2.29. The van der Waals surface area contributed by atoms with Gasteiger partial charge in [0.15, 0.2) is 23.0 Å². The lowest BCUT2D eigenvalue weighted by Gasteiger charge is -2.25. The third-order valence-corrected chi connectivity index (χ3v) is 8.98. The predicted octanol–water partition coefficient (Wildman–Crippen LogP) is 5.84. The number of ether oxygens (including phenoxy) is 4. The smallest absolute Gasteiger partial charge is 0.264 e. The van der Waals surface area contributed by atoms with Crippen LogP contribution in [0.15, 0.2) is 88.9 Å². The van der Waals surface area contributed by atoms with Crippen molar-refractivity contribution in [2.75, 3.05) is 31.2 Å². The van der Waals surface area contributed by atoms with Crippen molar-refractivity contribution in [3.8, 4) is 23.0 Å². The van der Waals surface area contributed by atoms with Crippen molar-refractivity contribution >= 4 is 51.0 Å². The van der Waals surface area contributed by atoms with Gasteiger partial charge in [0.05, 0.1) is 34.0 Å². The van der Waals surface area contributed by atoms with E-state index in [2.05, 4.69) is 10.5 Å². The summed E-state index contributed by atoms with van der Waals surface area (Å²) in [6, 6.07) is 19.1. The van der Waals surface area contributed by atoms with Gasteiger partial charge in [0.1, 0.15) is 32.2 Å². The monoisotopic (exact) mass is 673 g/mol. The average molecular weight is 675 g/mol. The van der Waals surface area contributed by atoms with Crippen molar-refractivity contribution in [3.63, 3.8) is 0 Å². The van der Waals surface area contributed by atoms with E-state index in [1.165, 1.54) is 43.7 Å². The molecule has 0 fully saturated rings. The van der Waals surface area contributed by atoms with Gasteiger partial charge >= 0.3 is 0 Å². The zero-order chi connectivity index (χ0) is 32.0. The maximum atomic E-state index is 13.7. The summed E-state index contributed by atoms with van der Waals surface area (Å²) >= 11 is 12.0. The molecule has 45 heavy (non-hydrogen) atoms. The molecule has 5 rings (SSSR count). The normalized spacial score (nSPS) is 12.5. The van der Waals surface area contributed by atoms with Crippen molar-refractivity contribution in [1.29, 1.82) is 0 Å². The number of methoxy groups -OCH3 is 1. The van der Waals surface area contributed by atoms with Gasteiger partial charge in [-0.2, -0.15) is 5.10 Å². The number of sulfonamides is 1. The number of amides is 1. The predicted molar refractivity (Wildman–Crippen MR) is 168 cm³/mol. The lowest BCUT2D eigenvalue weighted by atomic mass is 10.2. The molecule has 0 aromatic heterocycles. The number of hydrazone groups is 1. The number of nitrogens with one attached hydrogen (secondary N) is 1. The molecule has 0 aliphatic carbocycles. The summed E-state index contributed by atoms with van der Waals surface area (Å²) in [5, 5.41) is 4.83. The Balaban J connectivity index is 1.28. The number of rotatable bonds is 11. The van der Waals surface area contributed by atoms with Crippen LogP contribution in [-0.2, 0) is 21.4 Å². The number of fused-ring (bicyclic) bond motifs is 1. The quantitative estimate of drug-likeness (QED) is 0.157. The molecule has 1 heterocycles. The molecule has 4 aromatic carbocycles. The van der Waals surface area contributed by atoms with Crippen LogP contribution in [0, 0.1) is 5.82 Å². The second-order valence-corrected chi connectivity index (χ2v) is 12.2. The molecule has 234 valence electrons. The molecule has 1 aliphatic heterocycles. The minimum atomic E-state index is -4.30. The van der Waals surface area contributed by atoms with Gasteiger partial charge in [-0.1, -0.05) is 29.3 Å². The van der Waals surface area contributed by atoms with Crippen LogP contribution in [-0.4, -0.2) is 47.4 Å². The first-order valence-electron chi connectivity index (χ1n) is 13.4. The minimum Gasteiger partial charge on any atom is -0.493 e. The van der Waals surface area contributed by atoms with E-state index in [1.807, 2.05) is 0 Å². The lowest BCUT2D eigenvalue weighted by molar-refractivity contribution is -0.119. The molecule has 0 radical (unpaired) electrons. The number of anilines is 1. The molecule has 0 spiro atoms. The van der Waals surface area contributed by atoms with Gasteiger partial charge in [-0.15, -0.1) is 0 Å². The highest BCUT2D eigenvalue weighted by molar-refractivity contribution is 7.92. The number of benzene rings is 4. The second kappa shape index (κ2) is 14.1. The van der Waals surface area contributed by atoms with Crippen molar-refractivity contribution < 1.29 is 36.6 Å². The van der Waals surface area contributed by atoms with Gasteiger partial charge in [0.2, 0.25) is 0 Å². The number of hydrogen-bond acceptors (Lipinski definition) is 8. The van der Waals surface area contributed by atoms with Crippen LogP contribution in [0.3, 0.4) is 0 Å². The SMILES string of the molecule is COc1cc(/C=N\NC(=O)CN(c2ccc(F)cc2)S(=O)(=O)c2ccc3c(c2)OCCO3)ccc1OCc1ccc(Cl)c(Cl)c1. The summed E-state index contributed by atoms with van der Waals surface area (Å²) in [7, 11) is -2.82. The molecule has 0 saturated carbocycles. The van der Waals surface area contributed by atoms with E-state index in [9.17, 15) is 17.6 Å². The molecular formula is C31H26Cl2FN3O7S. The van der Waals surface area contributed by atoms with E-state index < -0.39 is 28.3 Å². The van der Waals surface area contributed by atoms with Gasteiger partial charge in [0.25, 0.3) is 15.9 Å². The third-order valence-electron chi connectivity index (χ3n) is 6.47. The Labute approximate surface area is 268 Å². The third kappa shape index (κ3) is 7.77. The van der Waals surface area contributed by atoms with E-state index in [-0.39, 0.29) is 29.5 Å². The first kappa shape index (κ1) is 31.9. The Bertz CT molecular complexity index is 1840. The molecule has 14 heteroatoms. The van der Waals surface area contributed by atoms with Crippen LogP contribution in [0.4, 0.5) is 10.1 Å². The number of carbonyl (C=O) groups is 1. The average Bonchev–Trinajstić information content (AvgIpc) is 3.04. The van der Waals surface area contributed by atoms with Crippen molar-refractivity contribution in [1.82, 2.24) is 5.43 Å². The summed E-state index contributed by atoms with van der Waals surface area (Å²) in [4.78, 5) is 12.8. The minimum absolute atomic E-state index is 0.0756. The maximum absolute atomic E-state index is 13.7. The summed E-state index contributed by atoms with van der Waals surface area (Å²) in [6.07, 6.45) is 1.36. The molecule has 1 N–H and O–H groups in total. The highest BCUT2D eigenvalue weighted by atomic mass is 35.5. The Morgan fingerprint density at radius 2 is 1.71 bits per heavy atom. The fourth-order valence-electron chi connectivity index (χ4n) is 4.25. The summed E-state index contributed by atoms with van der Waals surface area (Å²) in [5.74, 6) is 0.235. The van der Waals surface area contributed by atoms with Crippen LogP contribution in [0.2, 0.25) is 10.0 Å². The zero-order valence-electron chi connectivity index (χ0n) is 23.7. The number of carbonyl (C=O) groups excluding carboxylic acids is 1. The molecule has 4 aromatic rings. The number of nitrogens with zero attached hydrogens (tertiary/aromatic N) is 2. The molecule has 0 saturated heterocycles. The summed E-state index contributed by atoms with van der Waals surface area (Å²) in [5.41, 5.74) is 3.78. The fraction of sp³-hybridized carbons (Fsp3) is 0.161. The van der Waals surface area contributed by atoms with Crippen molar-refractivity contribution in [2.24, 2.45) is 5.10 Å². The van der Waals surface area contributed by atoms with Gasteiger partial charge in [-0.3, -0.25) is 9.10 Å². The first-order valence-corrected chi connectivity index (χ1v) is 15.6. The van der Waals surface area contributed by atoms with Crippen LogP contribution in [0.1, 0.15) is 11.1 Å². The summed E-state index contributed by atoms with van der Waals surface area (Å²) in [6.45, 7) is 0.173. The molecule has 10 nitrogen and oxygen atoms in total. The van der Waals surface area contributed by atoms with Gasteiger partial charge in [0, 0.05) is 6.07 Å². The van der Waals surface area contributed by atoms with E-state index in [0.717, 1.165) is 22.0 Å². The van der Waals surface area contributed by atoms with Gasteiger partial charge in [-0.25, -0.2) is 18.2 Å². The van der Waals surface area contributed by atoms with Gasteiger partial charge in [-0.05, 0) is 77.9 Å². The van der Waals surface area contributed by atoms with Crippen LogP contribution in [0.5, 0.6) is 23.0 Å². The molecule has 1 amide bonds. The van der Waals surface area contributed by atoms with Crippen LogP contribution in [0.25, 0.3) is 0 Å². The Hall–Kier alpha value is -4.52. The number of halogens is 3. The Morgan fingerprint density at radius 3 is 2.44 bits per heavy atom. The van der Waals surface area contributed by atoms with Crippen LogP contribution >= 0.6 is 23.2 Å². The van der Waals surface area contributed by atoms with E-state index >= 15 is 0 Å². The fourth-order valence-corrected chi connectivity index (χ4v) is 6.01. The first-order chi connectivity index (χ1) is 21.6. The maximum Gasteiger partial charge on any atom is 0.264 e. The van der Waals surface area contributed by atoms with Crippen LogP contribution < -0.4 is 28.7 Å². The second-order valence-electron chi connectivity index (χ2n) is 9.53.